The molecule has 0 radical (unpaired) electrons. The van der Waals surface area contributed by atoms with Crippen LogP contribution in [0, 0.1) is 0 Å². The fourth-order valence-electron chi connectivity index (χ4n) is 1.97. The third-order valence-electron chi connectivity index (χ3n) is 3.38. The van der Waals surface area contributed by atoms with Crippen LogP contribution < -0.4 is 4.90 Å². The molecule has 3 heterocycles. The van der Waals surface area contributed by atoms with Gasteiger partial charge >= 0.3 is 0 Å². The molecule has 6 nitrogen and oxygen atoms in total. The summed E-state index contributed by atoms with van der Waals surface area (Å²) in [4.78, 5) is 22.5. The van der Waals surface area contributed by atoms with E-state index in [1.165, 1.54) is 0 Å². The van der Waals surface area contributed by atoms with Gasteiger partial charge in [-0.25, -0.2) is 4.98 Å². The van der Waals surface area contributed by atoms with Gasteiger partial charge in [0, 0.05) is 20.3 Å². The molecule has 0 unspecified atom stereocenters. The summed E-state index contributed by atoms with van der Waals surface area (Å²) in [5, 5.41) is 1.27. The van der Waals surface area contributed by atoms with E-state index in [0.29, 0.717) is 10.9 Å². The summed E-state index contributed by atoms with van der Waals surface area (Å²) in [7, 11) is 3.60. The second-order valence-electron chi connectivity index (χ2n) is 4.84. The lowest BCUT2D eigenvalue weighted by molar-refractivity contribution is 0.0453. The Morgan fingerprint density at radius 2 is 2.29 bits per heavy atom. The highest BCUT2D eigenvalue weighted by molar-refractivity contribution is 7.99. The van der Waals surface area contributed by atoms with E-state index < -0.39 is 0 Å². The van der Waals surface area contributed by atoms with Gasteiger partial charge in [0.2, 0.25) is 0 Å². The lowest BCUT2D eigenvalue weighted by Crippen LogP contribution is -2.31. The monoisotopic (exact) mass is 304 g/mol. The molecule has 0 aromatic carbocycles. The number of amides is 1. The summed E-state index contributed by atoms with van der Waals surface area (Å²) in [5.41, 5.74) is 1.31. The standard InChI is InChI=1S/C14H16N4O2S/c1-17(10-4-3-5-15-6-10)13(19)12-7-16-14(18(12)2)21-11-8-20-9-11/h3-7,11H,8-9H2,1-2H3. The van der Waals surface area contributed by atoms with Crippen molar-refractivity contribution in [1.82, 2.24) is 14.5 Å². The number of nitrogens with zero attached hydrogens (tertiary/aromatic N) is 4. The van der Waals surface area contributed by atoms with Gasteiger partial charge in [-0.1, -0.05) is 11.8 Å². The van der Waals surface area contributed by atoms with E-state index in [2.05, 4.69) is 9.97 Å². The van der Waals surface area contributed by atoms with Gasteiger partial charge in [0.05, 0.1) is 36.5 Å². The normalized spacial score (nSPS) is 14.8. The van der Waals surface area contributed by atoms with Crippen molar-refractivity contribution in [2.45, 2.75) is 10.4 Å². The van der Waals surface area contributed by atoms with Crippen molar-refractivity contribution in [3.05, 3.63) is 36.4 Å². The average molecular weight is 304 g/mol. The third-order valence-corrected chi connectivity index (χ3v) is 4.58. The predicted molar refractivity (Wildman–Crippen MR) is 80.6 cm³/mol. The minimum Gasteiger partial charge on any atom is -0.379 e. The zero-order chi connectivity index (χ0) is 14.8. The second kappa shape index (κ2) is 5.87. The topological polar surface area (TPSA) is 60.3 Å². The number of carbonyl (C=O) groups excluding carboxylic acids is 1. The molecule has 0 atom stereocenters. The second-order valence-corrected chi connectivity index (χ2v) is 6.11. The van der Waals surface area contributed by atoms with Crippen LogP contribution in [-0.2, 0) is 11.8 Å². The Bertz CT molecular complexity index is 640. The summed E-state index contributed by atoms with van der Waals surface area (Å²) in [6, 6.07) is 3.66. The van der Waals surface area contributed by atoms with Crippen molar-refractivity contribution >= 4 is 23.4 Å². The van der Waals surface area contributed by atoms with Crippen LogP contribution >= 0.6 is 11.8 Å². The highest BCUT2D eigenvalue weighted by Crippen LogP contribution is 2.27. The van der Waals surface area contributed by atoms with Gasteiger partial charge in [-0.2, -0.15) is 0 Å². The molecule has 1 saturated heterocycles. The molecule has 21 heavy (non-hydrogen) atoms. The Morgan fingerprint density at radius 3 is 2.90 bits per heavy atom. The van der Waals surface area contributed by atoms with E-state index in [1.807, 2.05) is 17.7 Å². The van der Waals surface area contributed by atoms with Gasteiger partial charge in [0.25, 0.3) is 5.91 Å². The van der Waals surface area contributed by atoms with Crippen LogP contribution in [0.4, 0.5) is 5.69 Å². The van der Waals surface area contributed by atoms with Gasteiger partial charge < -0.3 is 14.2 Å². The quantitative estimate of drug-likeness (QED) is 0.858. The minimum atomic E-state index is -0.102. The van der Waals surface area contributed by atoms with E-state index in [0.717, 1.165) is 24.1 Å². The van der Waals surface area contributed by atoms with Gasteiger partial charge in [0.15, 0.2) is 5.16 Å². The molecule has 0 N–H and O–H groups in total. The van der Waals surface area contributed by atoms with Crippen molar-refractivity contribution in [1.29, 1.82) is 0 Å². The Hall–Kier alpha value is -1.86. The lowest BCUT2D eigenvalue weighted by atomic mass is 10.3. The molecule has 1 fully saturated rings. The van der Waals surface area contributed by atoms with Gasteiger partial charge in [-0.3, -0.25) is 9.78 Å². The molecule has 0 spiro atoms. The Labute approximate surface area is 127 Å². The zero-order valence-electron chi connectivity index (χ0n) is 11.9. The molecule has 0 bridgehead atoms. The summed E-state index contributed by atoms with van der Waals surface area (Å²) < 4.78 is 6.99. The van der Waals surface area contributed by atoms with Crippen molar-refractivity contribution in [2.75, 3.05) is 25.2 Å². The number of imidazole rings is 1. The maximum atomic E-state index is 12.6. The van der Waals surface area contributed by atoms with Crippen LogP contribution in [0.3, 0.4) is 0 Å². The van der Waals surface area contributed by atoms with Gasteiger partial charge in [-0.15, -0.1) is 0 Å². The first-order chi connectivity index (χ1) is 10.2. The highest BCUT2D eigenvalue weighted by Gasteiger charge is 2.24. The summed E-state index contributed by atoms with van der Waals surface area (Å²) >= 11 is 1.65. The fourth-order valence-corrected chi connectivity index (χ4v) is 2.97. The number of pyridine rings is 1. The molecular weight excluding hydrogens is 288 g/mol. The Balaban J connectivity index is 1.78. The van der Waals surface area contributed by atoms with Crippen LogP contribution in [0.25, 0.3) is 0 Å². The van der Waals surface area contributed by atoms with Crippen molar-refractivity contribution in [2.24, 2.45) is 7.05 Å². The molecule has 2 aromatic heterocycles. The van der Waals surface area contributed by atoms with E-state index in [-0.39, 0.29) is 5.91 Å². The van der Waals surface area contributed by atoms with E-state index >= 15 is 0 Å². The maximum absolute atomic E-state index is 12.6. The number of aromatic nitrogens is 3. The molecule has 0 aliphatic carbocycles. The molecule has 3 rings (SSSR count). The zero-order valence-corrected chi connectivity index (χ0v) is 12.7. The SMILES string of the molecule is CN(C(=O)c1cnc(SC2COC2)n1C)c1cccnc1. The number of hydrogen-bond acceptors (Lipinski definition) is 5. The number of hydrogen-bond donors (Lipinski definition) is 0. The van der Waals surface area contributed by atoms with Gasteiger partial charge in [-0.05, 0) is 12.1 Å². The summed E-state index contributed by atoms with van der Waals surface area (Å²) in [6.45, 7) is 1.49. The summed E-state index contributed by atoms with van der Waals surface area (Å²) in [6.07, 6.45) is 4.97. The number of rotatable bonds is 4. The van der Waals surface area contributed by atoms with E-state index in [1.54, 1.807) is 48.4 Å². The molecule has 1 aliphatic rings. The van der Waals surface area contributed by atoms with Crippen molar-refractivity contribution < 1.29 is 9.53 Å². The molecule has 0 saturated carbocycles. The Kier molecular flexibility index (Phi) is 3.94. The highest BCUT2D eigenvalue weighted by atomic mass is 32.2. The smallest absolute Gasteiger partial charge is 0.276 e. The first-order valence-electron chi connectivity index (χ1n) is 6.61. The molecule has 2 aromatic rings. The first-order valence-corrected chi connectivity index (χ1v) is 7.49. The maximum Gasteiger partial charge on any atom is 0.276 e. The minimum absolute atomic E-state index is 0.102. The Morgan fingerprint density at radius 1 is 1.48 bits per heavy atom. The van der Waals surface area contributed by atoms with E-state index in [9.17, 15) is 4.79 Å². The van der Waals surface area contributed by atoms with Gasteiger partial charge in [0.1, 0.15) is 5.69 Å². The van der Waals surface area contributed by atoms with Crippen molar-refractivity contribution in [3.8, 4) is 0 Å². The number of thioether (sulfide) groups is 1. The molecule has 110 valence electrons. The number of anilines is 1. The van der Waals surface area contributed by atoms with Crippen LogP contribution in [0.1, 0.15) is 10.5 Å². The molecule has 1 aliphatic heterocycles. The van der Waals surface area contributed by atoms with Crippen LogP contribution in [0.2, 0.25) is 0 Å². The largest absolute Gasteiger partial charge is 0.379 e. The predicted octanol–water partition coefficient (Wildman–Crippen LogP) is 1.58. The van der Waals surface area contributed by atoms with Crippen LogP contribution in [0.5, 0.6) is 0 Å². The first kappa shape index (κ1) is 14.1. The lowest BCUT2D eigenvalue weighted by Gasteiger charge is -2.24. The third kappa shape index (κ3) is 2.79. The average Bonchev–Trinajstić information content (AvgIpc) is 2.83. The van der Waals surface area contributed by atoms with Crippen LogP contribution in [0.15, 0.2) is 35.9 Å². The number of carbonyl (C=O) groups is 1. The number of ether oxygens (including phenoxy) is 1. The molecule has 7 heteroatoms. The van der Waals surface area contributed by atoms with Crippen molar-refractivity contribution in [3.63, 3.8) is 0 Å². The summed E-state index contributed by atoms with van der Waals surface area (Å²) in [5.74, 6) is -0.102. The molecular formula is C14H16N4O2S. The fraction of sp³-hybridized carbons (Fsp3) is 0.357. The molecule has 1 amide bonds. The van der Waals surface area contributed by atoms with Crippen LogP contribution in [-0.4, -0.2) is 46.0 Å². The van der Waals surface area contributed by atoms with E-state index in [4.69, 9.17) is 4.74 Å².